The van der Waals surface area contributed by atoms with E-state index in [0.717, 1.165) is 29.0 Å². The third-order valence-corrected chi connectivity index (χ3v) is 7.28. The second-order valence-electron chi connectivity index (χ2n) is 7.82. The van der Waals surface area contributed by atoms with Crippen LogP contribution in [0.1, 0.15) is 32.3 Å². The number of rotatable bonds is 11. The Morgan fingerprint density at radius 3 is 2.24 bits per heavy atom. The number of amides is 2. The van der Waals surface area contributed by atoms with E-state index in [4.69, 9.17) is 34.8 Å². The summed E-state index contributed by atoms with van der Waals surface area (Å²) in [6.45, 7) is 3.65. The Hall–Kier alpha value is -2.00. The van der Waals surface area contributed by atoms with Crippen LogP contribution in [-0.4, -0.2) is 50.5 Å². The first-order chi connectivity index (χ1) is 16.0. The molecular weight excluding hydrogens is 521 g/mol. The molecule has 34 heavy (non-hydrogen) atoms. The van der Waals surface area contributed by atoms with E-state index in [9.17, 15) is 18.0 Å². The van der Waals surface area contributed by atoms with Gasteiger partial charge in [0.25, 0.3) is 0 Å². The van der Waals surface area contributed by atoms with Crippen molar-refractivity contribution in [2.45, 2.75) is 39.3 Å². The minimum atomic E-state index is -3.94. The summed E-state index contributed by atoms with van der Waals surface area (Å²) < 4.78 is 26.1. The number of benzene rings is 2. The van der Waals surface area contributed by atoms with Crippen LogP contribution in [0.25, 0.3) is 0 Å². The highest BCUT2D eigenvalue weighted by Crippen LogP contribution is 2.35. The Morgan fingerprint density at radius 1 is 1.03 bits per heavy atom. The lowest BCUT2D eigenvalue weighted by molar-refractivity contribution is -0.139. The van der Waals surface area contributed by atoms with Crippen molar-refractivity contribution in [3.63, 3.8) is 0 Å². The van der Waals surface area contributed by atoms with E-state index >= 15 is 0 Å². The maximum absolute atomic E-state index is 13.5. The van der Waals surface area contributed by atoms with E-state index in [1.165, 1.54) is 17.0 Å². The van der Waals surface area contributed by atoms with Gasteiger partial charge in [0.2, 0.25) is 21.8 Å². The number of nitrogens with zero attached hydrogens (tertiary/aromatic N) is 2. The summed E-state index contributed by atoms with van der Waals surface area (Å²) in [6, 6.07) is 10.9. The molecule has 0 heterocycles. The summed E-state index contributed by atoms with van der Waals surface area (Å²) in [5.41, 5.74) is 0.814. The summed E-state index contributed by atoms with van der Waals surface area (Å²) in [5, 5.41) is 3.09. The second-order valence-corrected chi connectivity index (χ2v) is 10.9. The fraction of sp³-hybridized carbons (Fsp3) is 0.391. The van der Waals surface area contributed by atoms with Gasteiger partial charge >= 0.3 is 0 Å². The molecule has 0 radical (unpaired) electrons. The molecule has 1 atom stereocenters. The molecule has 2 amide bonds. The number of carbonyl (C=O) groups is 2. The first-order valence-electron chi connectivity index (χ1n) is 10.7. The lowest BCUT2D eigenvalue weighted by Gasteiger charge is -2.31. The molecule has 2 aromatic carbocycles. The predicted molar refractivity (Wildman–Crippen MR) is 138 cm³/mol. The molecule has 1 N–H and O–H groups in total. The SMILES string of the molecule is CCCCNC(=O)[C@H](C)N(Cc1ccccc1)C(=O)CN(c1cc(Cl)c(Cl)cc1Cl)S(C)(=O)=O. The molecule has 2 aromatic rings. The van der Waals surface area contributed by atoms with Gasteiger partial charge in [-0.3, -0.25) is 13.9 Å². The van der Waals surface area contributed by atoms with Crippen LogP contribution in [0, 0.1) is 0 Å². The highest BCUT2D eigenvalue weighted by molar-refractivity contribution is 7.92. The molecule has 0 aliphatic carbocycles. The molecular formula is C23H28Cl3N3O4S. The molecule has 186 valence electrons. The first-order valence-corrected chi connectivity index (χ1v) is 13.7. The van der Waals surface area contributed by atoms with E-state index in [0.29, 0.717) is 6.54 Å². The number of hydrogen-bond acceptors (Lipinski definition) is 4. The van der Waals surface area contributed by atoms with Crippen LogP contribution >= 0.6 is 34.8 Å². The predicted octanol–water partition coefficient (Wildman–Crippen LogP) is 4.75. The third kappa shape index (κ3) is 7.77. The van der Waals surface area contributed by atoms with Crippen molar-refractivity contribution in [2.75, 3.05) is 23.7 Å². The normalized spacial score (nSPS) is 12.2. The molecule has 7 nitrogen and oxygen atoms in total. The highest BCUT2D eigenvalue weighted by Gasteiger charge is 2.31. The average Bonchev–Trinajstić information content (AvgIpc) is 2.78. The maximum atomic E-state index is 13.5. The molecule has 0 aromatic heterocycles. The van der Waals surface area contributed by atoms with Gasteiger partial charge in [-0.05, 0) is 31.0 Å². The number of halogens is 3. The lowest BCUT2D eigenvalue weighted by Crippen LogP contribution is -2.51. The minimum Gasteiger partial charge on any atom is -0.354 e. The Morgan fingerprint density at radius 2 is 1.65 bits per heavy atom. The molecule has 0 spiro atoms. The number of hydrogen-bond donors (Lipinski definition) is 1. The summed E-state index contributed by atoms with van der Waals surface area (Å²) in [6.07, 6.45) is 2.68. The van der Waals surface area contributed by atoms with Gasteiger partial charge in [0.1, 0.15) is 12.6 Å². The summed E-state index contributed by atoms with van der Waals surface area (Å²) >= 11 is 18.3. The third-order valence-electron chi connectivity index (χ3n) is 5.13. The summed E-state index contributed by atoms with van der Waals surface area (Å²) in [5.74, 6) is -0.897. The molecule has 0 saturated carbocycles. The topological polar surface area (TPSA) is 86.8 Å². The van der Waals surface area contributed by atoms with Crippen LogP contribution in [0.15, 0.2) is 42.5 Å². The fourth-order valence-corrected chi connectivity index (χ4v) is 4.74. The quantitative estimate of drug-likeness (QED) is 0.324. The largest absolute Gasteiger partial charge is 0.354 e. The second kappa shape index (κ2) is 12.6. The zero-order valence-electron chi connectivity index (χ0n) is 19.2. The highest BCUT2D eigenvalue weighted by atomic mass is 35.5. The number of nitrogens with one attached hydrogen (secondary N) is 1. The molecule has 0 aliphatic heterocycles. The van der Waals surface area contributed by atoms with E-state index in [2.05, 4.69) is 5.32 Å². The number of anilines is 1. The van der Waals surface area contributed by atoms with Gasteiger partial charge in [-0.15, -0.1) is 0 Å². The van der Waals surface area contributed by atoms with E-state index in [-0.39, 0.29) is 33.2 Å². The fourth-order valence-electron chi connectivity index (χ4n) is 3.20. The maximum Gasteiger partial charge on any atom is 0.244 e. The van der Waals surface area contributed by atoms with Crippen molar-refractivity contribution in [3.05, 3.63) is 63.1 Å². The van der Waals surface area contributed by atoms with Crippen LogP contribution < -0.4 is 9.62 Å². The van der Waals surface area contributed by atoms with Crippen molar-refractivity contribution in [3.8, 4) is 0 Å². The molecule has 2 rings (SSSR count). The summed E-state index contributed by atoms with van der Waals surface area (Å²) in [7, 11) is -3.94. The number of unbranched alkanes of at least 4 members (excludes halogenated alkanes) is 1. The minimum absolute atomic E-state index is 0.0200. The smallest absolute Gasteiger partial charge is 0.244 e. The van der Waals surface area contributed by atoms with Gasteiger partial charge in [-0.25, -0.2) is 8.42 Å². The Balaban J connectivity index is 2.39. The molecule has 11 heteroatoms. The molecule has 0 bridgehead atoms. The lowest BCUT2D eigenvalue weighted by atomic mass is 10.1. The monoisotopic (exact) mass is 547 g/mol. The number of carbonyl (C=O) groups excluding carboxylic acids is 2. The van der Waals surface area contributed by atoms with E-state index in [1.807, 2.05) is 37.3 Å². The van der Waals surface area contributed by atoms with Crippen molar-refractivity contribution < 1.29 is 18.0 Å². The summed E-state index contributed by atoms with van der Waals surface area (Å²) in [4.78, 5) is 27.6. The van der Waals surface area contributed by atoms with Gasteiger partial charge in [0.05, 0.1) is 27.0 Å². The first kappa shape index (κ1) is 28.2. The van der Waals surface area contributed by atoms with Gasteiger partial charge < -0.3 is 10.2 Å². The van der Waals surface area contributed by atoms with Crippen LogP contribution in [0.5, 0.6) is 0 Å². The average molecular weight is 549 g/mol. The van der Waals surface area contributed by atoms with Gasteiger partial charge in [-0.2, -0.15) is 0 Å². The molecule has 0 saturated heterocycles. The van der Waals surface area contributed by atoms with Gasteiger partial charge in [0.15, 0.2) is 0 Å². The Kier molecular flexibility index (Phi) is 10.5. The molecule has 0 aliphatic rings. The van der Waals surface area contributed by atoms with Crippen LogP contribution in [0.2, 0.25) is 15.1 Å². The standard InChI is InChI=1S/C23H28Cl3N3O4S/c1-4-5-11-27-23(31)16(2)28(14-17-9-7-6-8-10-17)22(30)15-29(34(3,32)33)21-13-19(25)18(24)12-20(21)26/h6-10,12-13,16H,4-5,11,14-15H2,1-3H3,(H,27,31)/t16-/m0/s1. The van der Waals surface area contributed by atoms with Crippen molar-refractivity contribution in [1.29, 1.82) is 0 Å². The van der Waals surface area contributed by atoms with Crippen molar-refractivity contribution in [1.82, 2.24) is 10.2 Å². The van der Waals surface area contributed by atoms with Crippen LogP contribution in [-0.2, 0) is 26.2 Å². The van der Waals surface area contributed by atoms with Gasteiger partial charge in [0, 0.05) is 13.1 Å². The molecule has 0 fully saturated rings. The Bertz CT molecular complexity index is 1110. The van der Waals surface area contributed by atoms with Gasteiger partial charge in [-0.1, -0.05) is 78.5 Å². The van der Waals surface area contributed by atoms with Crippen LogP contribution in [0.4, 0.5) is 5.69 Å². The number of sulfonamides is 1. The Labute approximate surface area is 216 Å². The van der Waals surface area contributed by atoms with Crippen molar-refractivity contribution in [2.24, 2.45) is 0 Å². The van der Waals surface area contributed by atoms with E-state index in [1.54, 1.807) is 6.92 Å². The molecule has 0 unspecified atom stereocenters. The van der Waals surface area contributed by atoms with Crippen molar-refractivity contribution >= 4 is 62.3 Å². The van der Waals surface area contributed by atoms with E-state index < -0.39 is 28.5 Å². The zero-order chi connectivity index (χ0) is 25.5. The van der Waals surface area contributed by atoms with Crippen LogP contribution in [0.3, 0.4) is 0 Å². The zero-order valence-corrected chi connectivity index (χ0v) is 22.3.